The minimum absolute atomic E-state index is 0.132. The van der Waals surface area contributed by atoms with Gasteiger partial charge in [-0.05, 0) is 0 Å². The van der Waals surface area contributed by atoms with Crippen LogP contribution in [0.4, 0.5) is 0 Å². The molecule has 8 nitrogen and oxygen atoms in total. The summed E-state index contributed by atoms with van der Waals surface area (Å²) >= 11 is 6.39. The van der Waals surface area contributed by atoms with E-state index < -0.39 is 42.4 Å². The van der Waals surface area contributed by atoms with Gasteiger partial charge in [0.2, 0.25) is 0 Å². The molecule has 0 unspecified atom stereocenters. The number of carbonyl (C=O) groups excluding carboxylic acids is 3. The number of nitrogens with one attached hydrogen (secondary N) is 1. The Balaban J connectivity index is 2.25. The number of fused-ring (bicyclic) bond motifs is 1. The predicted molar refractivity (Wildman–Crippen MR) is 83.5 cm³/mol. The lowest BCUT2D eigenvalue weighted by atomic mass is 10.00. The third-order valence-electron chi connectivity index (χ3n) is 3.19. The first-order valence-corrected chi connectivity index (χ1v) is 8.17. The molecule has 0 amide bonds. The van der Waals surface area contributed by atoms with E-state index in [2.05, 4.69) is 5.32 Å². The Morgan fingerprint density at radius 3 is 2.30 bits per heavy atom. The third kappa shape index (κ3) is 4.55. The summed E-state index contributed by atoms with van der Waals surface area (Å²) < 4.78 is 21.9. The highest BCUT2D eigenvalue weighted by atomic mass is 32.2. The van der Waals surface area contributed by atoms with Crippen molar-refractivity contribution in [1.82, 2.24) is 5.32 Å². The summed E-state index contributed by atoms with van der Waals surface area (Å²) in [5.74, 6) is -1.57. The number of esters is 3. The first-order chi connectivity index (χ1) is 10.8. The lowest BCUT2D eigenvalue weighted by Gasteiger charge is -2.41. The largest absolute Gasteiger partial charge is 0.463 e. The molecule has 10 heteroatoms. The fourth-order valence-electron chi connectivity index (χ4n) is 2.43. The second kappa shape index (κ2) is 7.45. The van der Waals surface area contributed by atoms with E-state index in [1.165, 1.54) is 32.5 Å². The molecule has 0 aromatic heterocycles. The number of carbonyl (C=O) groups is 3. The zero-order valence-electron chi connectivity index (χ0n) is 12.8. The quantitative estimate of drug-likeness (QED) is 0.421. The van der Waals surface area contributed by atoms with E-state index in [4.69, 9.17) is 31.2 Å². The summed E-state index contributed by atoms with van der Waals surface area (Å²) in [4.78, 5) is 33.9. The molecule has 5 atom stereocenters. The van der Waals surface area contributed by atoms with E-state index in [9.17, 15) is 14.4 Å². The molecule has 23 heavy (non-hydrogen) atoms. The van der Waals surface area contributed by atoms with Gasteiger partial charge in [0.15, 0.2) is 12.2 Å². The Labute approximate surface area is 142 Å². The van der Waals surface area contributed by atoms with Crippen LogP contribution >= 0.6 is 24.0 Å². The lowest BCUT2D eigenvalue weighted by molar-refractivity contribution is -0.213. The second-order valence-corrected chi connectivity index (χ2v) is 6.92. The van der Waals surface area contributed by atoms with Crippen LogP contribution in [0.2, 0.25) is 0 Å². The molecule has 2 heterocycles. The van der Waals surface area contributed by atoms with E-state index in [-0.39, 0.29) is 11.9 Å². The number of hydrogen-bond donors (Lipinski definition) is 1. The van der Waals surface area contributed by atoms with Crippen molar-refractivity contribution in [1.29, 1.82) is 0 Å². The normalized spacial score (nSPS) is 32.5. The van der Waals surface area contributed by atoms with Gasteiger partial charge in [0.25, 0.3) is 0 Å². The molecule has 0 radical (unpaired) electrons. The van der Waals surface area contributed by atoms with Crippen molar-refractivity contribution in [3.05, 3.63) is 0 Å². The van der Waals surface area contributed by atoms with Crippen LogP contribution in [0, 0.1) is 0 Å². The average molecular weight is 363 g/mol. The molecule has 2 aliphatic heterocycles. The summed E-state index contributed by atoms with van der Waals surface area (Å²) in [5, 5.41) is 2.59. The van der Waals surface area contributed by atoms with Crippen LogP contribution in [0.25, 0.3) is 0 Å². The molecule has 0 aromatic carbocycles. The number of thioether (sulfide) groups is 1. The monoisotopic (exact) mass is 363 g/mol. The maximum Gasteiger partial charge on any atom is 0.303 e. The van der Waals surface area contributed by atoms with Crippen molar-refractivity contribution in [2.45, 2.75) is 50.6 Å². The molecule has 2 saturated heterocycles. The van der Waals surface area contributed by atoms with Gasteiger partial charge in [-0.1, -0.05) is 24.0 Å². The van der Waals surface area contributed by atoms with Gasteiger partial charge in [0.05, 0.1) is 5.25 Å². The third-order valence-corrected chi connectivity index (χ3v) is 4.72. The van der Waals surface area contributed by atoms with E-state index in [1.54, 1.807) is 0 Å². The van der Waals surface area contributed by atoms with Crippen LogP contribution in [-0.4, -0.2) is 58.6 Å². The lowest BCUT2D eigenvalue weighted by Crippen LogP contribution is -2.61. The van der Waals surface area contributed by atoms with Crippen molar-refractivity contribution >= 4 is 46.2 Å². The number of rotatable bonds is 4. The molecule has 0 aromatic rings. The maximum absolute atomic E-state index is 11.4. The Hall–Kier alpha value is -1.39. The van der Waals surface area contributed by atoms with E-state index in [0.717, 1.165) is 0 Å². The minimum Gasteiger partial charge on any atom is -0.463 e. The zero-order chi connectivity index (χ0) is 17.1. The van der Waals surface area contributed by atoms with Crippen LogP contribution in [0.1, 0.15) is 20.8 Å². The van der Waals surface area contributed by atoms with E-state index >= 15 is 0 Å². The minimum atomic E-state index is -0.896. The summed E-state index contributed by atoms with van der Waals surface area (Å²) in [6.07, 6.45) is -2.97. The topological polar surface area (TPSA) is 100 Å². The molecule has 2 fully saturated rings. The summed E-state index contributed by atoms with van der Waals surface area (Å²) in [6, 6.07) is 0. The van der Waals surface area contributed by atoms with Crippen molar-refractivity contribution in [3.8, 4) is 0 Å². The number of thiocarbonyl (C=S) groups is 1. The molecule has 2 aliphatic rings. The number of hydrogen-bond acceptors (Lipinski definition) is 9. The van der Waals surface area contributed by atoms with Crippen molar-refractivity contribution in [2.75, 3.05) is 6.61 Å². The van der Waals surface area contributed by atoms with Gasteiger partial charge in [0.1, 0.15) is 23.3 Å². The summed E-state index contributed by atoms with van der Waals surface area (Å²) in [7, 11) is 0. The molecule has 1 N–H and O–H groups in total. The Morgan fingerprint density at radius 1 is 1.13 bits per heavy atom. The molecule has 0 spiro atoms. The van der Waals surface area contributed by atoms with Crippen molar-refractivity contribution < 1.29 is 33.3 Å². The first kappa shape index (κ1) is 18.0. The van der Waals surface area contributed by atoms with Gasteiger partial charge in [-0.25, -0.2) is 0 Å². The highest BCUT2D eigenvalue weighted by Gasteiger charge is 2.53. The molecular weight excluding hydrogens is 346 g/mol. The smallest absolute Gasteiger partial charge is 0.303 e. The summed E-state index contributed by atoms with van der Waals surface area (Å²) in [6.45, 7) is 3.63. The Bertz CT molecular complexity index is 526. The van der Waals surface area contributed by atoms with Crippen molar-refractivity contribution in [2.24, 2.45) is 0 Å². The van der Waals surface area contributed by atoms with Crippen LogP contribution in [0.5, 0.6) is 0 Å². The highest BCUT2D eigenvalue weighted by Crippen LogP contribution is 2.37. The second-order valence-electron chi connectivity index (χ2n) is 5.06. The van der Waals surface area contributed by atoms with E-state index in [0.29, 0.717) is 4.32 Å². The molecule has 0 aliphatic carbocycles. The van der Waals surface area contributed by atoms with Crippen molar-refractivity contribution in [3.63, 3.8) is 0 Å². The van der Waals surface area contributed by atoms with Gasteiger partial charge >= 0.3 is 17.9 Å². The Kier molecular flexibility index (Phi) is 5.82. The van der Waals surface area contributed by atoms with E-state index in [1.807, 2.05) is 0 Å². The molecule has 0 saturated carbocycles. The SMILES string of the molecule is CC(=O)OC[C@H]1O[C@@H]2NC(=S)S[C@@H]2[C@@H](OC(C)=O)[C@H]1OC(C)=O. The fraction of sp³-hybridized carbons (Fsp3) is 0.692. The van der Waals surface area contributed by atoms with Gasteiger partial charge in [-0.2, -0.15) is 0 Å². The Morgan fingerprint density at radius 2 is 1.74 bits per heavy atom. The molecular formula is C13H17NO7S2. The standard InChI is InChI=1S/C13H17NO7S2/c1-5(15)18-4-8-9(19-6(2)16)10(20-7(3)17)11-12(21-8)14-13(22)23-11/h8-12H,4H2,1-3H3,(H,14,22)/t8-,9+,10+,11-,12+/m1/s1. The molecule has 128 valence electrons. The van der Waals surface area contributed by atoms with Gasteiger partial charge in [0, 0.05) is 20.8 Å². The highest BCUT2D eigenvalue weighted by molar-refractivity contribution is 8.23. The average Bonchev–Trinajstić information content (AvgIpc) is 2.78. The van der Waals surface area contributed by atoms with Gasteiger partial charge in [-0.15, -0.1) is 0 Å². The van der Waals surface area contributed by atoms with Gasteiger partial charge < -0.3 is 24.3 Å². The first-order valence-electron chi connectivity index (χ1n) is 6.88. The van der Waals surface area contributed by atoms with Crippen LogP contribution in [-0.2, 0) is 33.3 Å². The number of ether oxygens (including phenoxy) is 4. The zero-order valence-corrected chi connectivity index (χ0v) is 14.4. The molecule has 2 rings (SSSR count). The predicted octanol–water partition coefficient (Wildman–Crippen LogP) is 0.128. The van der Waals surface area contributed by atoms with Gasteiger partial charge in [-0.3, -0.25) is 14.4 Å². The van der Waals surface area contributed by atoms with Crippen LogP contribution in [0.15, 0.2) is 0 Å². The molecule has 0 bridgehead atoms. The maximum atomic E-state index is 11.4. The van der Waals surface area contributed by atoms with Crippen LogP contribution in [0.3, 0.4) is 0 Å². The van der Waals surface area contributed by atoms with Crippen LogP contribution < -0.4 is 5.32 Å². The fourth-order valence-corrected chi connectivity index (χ4v) is 3.91. The summed E-state index contributed by atoms with van der Waals surface area (Å²) in [5.41, 5.74) is 0.